The number of rotatable bonds is 4. The molecule has 1 fully saturated rings. The van der Waals surface area contributed by atoms with Crippen molar-refractivity contribution in [1.29, 1.82) is 0 Å². The average Bonchev–Trinajstić information content (AvgIpc) is 3.37. The number of aliphatic hydroxyl groups is 1. The average molecular weight is 494 g/mol. The molecule has 1 aliphatic carbocycles. The summed E-state index contributed by atoms with van der Waals surface area (Å²) in [6.45, 7) is 1.55. The second-order valence-electron chi connectivity index (χ2n) is 8.33. The quantitative estimate of drug-likeness (QED) is 0.374. The van der Waals surface area contributed by atoms with Gasteiger partial charge in [0, 0.05) is 6.20 Å². The molecule has 34 heavy (non-hydrogen) atoms. The number of aromatic nitrogens is 5. The molecule has 176 valence electrons. The molecule has 12 heteroatoms. The molecule has 3 aromatic heterocycles. The summed E-state index contributed by atoms with van der Waals surface area (Å²) in [5, 5.41) is 17.9. The van der Waals surface area contributed by atoms with Gasteiger partial charge in [-0.1, -0.05) is 22.8 Å². The molecular formula is C22H16ClF4N5O2. The summed E-state index contributed by atoms with van der Waals surface area (Å²) >= 11 is 6.21. The van der Waals surface area contributed by atoms with Crippen LogP contribution in [-0.2, 0) is 6.18 Å². The Morgan fingerprint density at radius 2 is 1.97 bits per heavy atom. The van der Waals surface area contributed by atoms with Gasteiger partial charge in [0.15, 0.2) is 11.5 Å². The summed E-state index contributed by atoms with van der Waals surface area (Å²) in [4.78, 5) is 7.94. The third-order valence-electron chi connectivity index (χ3n) is 5.73. The zero-order valence-electron chi connectivity index (χ0n) is 17.5. The van der Waals surface area contributed by atoms with E-state index in [2.05, 4.69) is 20.2 Å². The van der Waals surface area contributed by atoms with Gasteiger partial charge in [-0.2, -0.15) is 18.3 Å². The van der Waals surface area contributed by atoms with Crippen molar-refractivity contribution in [3.05, 3.63) is 59.5 Å². The summed E-state index contributed by atoms with van der Waals surface area (Å²) < 4.78 is 63.7. The molecule has 1 aromatic carbocycles. The molecule has 0 unspecified atom stereocenters. The van der Waals surface area contributed by atoms with Crippen LogP contribution in [0.25, 0.3) is 33.8 Å². The maximum Gasteiger partial charge on any atom is 0.433 e. The summed E-state index contributed by atoms with van der Waals surface area (Å²) in [6, 6.07) is 4.77. The van der Waals surface area contributed by atoms with E-state index in [-0.39, 0.29) is 51.7 Å². The number of benzene rings is 1. The van der Waals surface area contributed by atoms with Crippen molar-refractivity contribution in [3.63, 3.8) is 0 Å². The molecule has 1 saturated carbocycles. The van der Waals surface area contributed by atoms with E-state index >= 15 is 0 Å². The van der Waals surface area contributed by atoms with Gasteiger partial charge in [0.1, 0.15) is 17.8 Å². The molecule has 0 saturated heterocycles. The molecule has 5 rings (SSSR count). The van der Waals surface area contributed by atoms with Gasteiger partial charge >= 0.3 is 6.18 Å². The molecule has 7 nitrogen and oxygen atoms in total. The fourth-order valence-corrected chi connectivity index (χ4v) is 4.51. The molecule has 0 amide bonds. The van der Waals surface area contributed by atoms with Crippen LogP contribution in [0.3, 0.4) is 0 Å². The lowest BCUT2D eigenvalue weighted by atomic mass is 9.77. The minimum absolute atomic E-state index is 0.00130. The standard InChI is InChI=1S/C22H16ClF4N5O2/c1-21(33)7-11(8-21)32-20(22(25,26)27)12(9-30-32)19-17(15-5-6-28-10-29-15)18(31-34-19)16-13(23)3-2-4-14(16)24/h2-6,9-11,33H,7-8H2,1H3/t11-,21-. The number of hydrogen-bond acceptors (Lipinski definition) is 6. The Bertz CT molecular complexity index is 1340. The first-order valence-corrected chi connectivity index (χ1v) is 10.5. The summed E-state index contributed by atoms with van der Waals surface area (Å²) in [5.41, 5.74) is -2.59. The molecular weight excluding hydrogens is 478 g/mol. The van der Waals surface area contributed by atoms with E-state index < -0.39 is 29.3 Å². The molecule has 0 aliphatic heterocycles. The number of nitrogens with zero attached hydrogens (tertiary/aromatic N) is 5. The Balaban J connectivity index is 1.75. The van der Waals surface area contributed by atoms with E-state index in [1.165, 1.54) is 30.7 Å². The first-order chi connectivity index (χ1) is 16.1. The first-order valence-electron chi connectivity index (χ1n) is 10.1. The second kappa shape index (κ2) is 7.88. The topological polar surface area (TPSA) is 89.9 Å². The minimum Gasteiger partial charge on any atom is -0.390 e. The van der Waals surface area contributed by atoms with Crippen molar-refractivity contribution in [2.24, 2.45) is 0 Å². The van der Waals surface area contributed by atoms with Gasteiger partial charge in [-0.25, -0.2) is 14.4 Å². The Hall–Kier alpha value is -3.31. The molecule has 0 spiro atoms. The monoisotopic (exact) mass is 493 g/mol. The summed E-state index contributed by atoms with van der Waals surface area (Å²) in [7, 11) is 0. The fourth-order valence-electron chi connectivity index (χ4n) is 4.26. The number of alkyl halides is 3. The molecule has 4 aromatic rings. The van der Waals surface area contributed by atoms with Gasteiger partial charge in [-0.3, -0.25) is 4.68 Å². The van der Waals surface area contributed by atoms with Crippen LogP contribution in [0.5, 0.6) is 0 Å². The third kappa shape index (κ3) is 3.74. The van der Waals surface area contributed by atoms with Crippen LogP contribution < -0.4 is 0 Å². The molecule has 0 bridgehead atoms. The fraction of sp³-hybridized carbons (Fsp3) is 0.273. The van der Waals surface area contributed by atoms with Crippen LogP contribution in [0.1, 0.15) is 31.5 Å². The normalized spacial score (nSPS) is 20.4. The minimum atomic E-state index is -4.81. The van der Waals surface area contributed by atoms with Gasteiger partial charge in [0.05, 0.1) is 45.2 Å². The van der Waals surface area contributed by atoms with Crippen LogP contribution in [0.15, 0.2) is 47.5 Å². The van der Waals surface area contributed by atoms with Gasteiger partial charge in [-0.15, -0.1) is 0 Å². The first kappa shape index (κ1) is 22.5. The molecule has 1 N–H and O–H groups in total. The lowest BCUT2D eigenvalue weighted by Crippen LogP contribution is -2.43. The molecule has 0 atom stereocenters. The molecule has 1 aliphatic rings. The zero-order chi connectivity index (χ0) is 24.3. The van der Waals surface area contributed by atoms with Crippen molar-refractivity contribution in [3.8, 4) is 33.8 Å². The number of hydrogen-bond donors (Lipinski definition) is 1. The lowest BCUT2D eigenvalue weighted by molar-refractivity contribution is -0.148. The largest absolute Gasteiger partial charge is 0.433 e. The molecule has 3 heterocycles. The van der Waals surface area contributed by atoms with Crippen LogP contribution in [0.2, 0.25) is 5.02 Å². The maximum atomic E-state index is 14.7. The van der Waals surface area contributed by atoms with E-state index in [1.807, 2.05) is 0 Å². The second-order valence-corrected chi connectivity index (χ2v) is 8.74. The van der Waals surface area contributed by atoms with Crippen LogP contribution in [0, 0.1) is 5.82 Å². The lowest BCUT2D eigenvalue weighted by Gasteiger charge is -2.41. The van der Waals surface area contributed by atoms with E-state index in [0.29, 0.717) is 0 Å². The van der Waals surface area contributed by atoms with Crippen molar-refractivity contribution < 1.29 is 27.2 Å². The van der Waals surface area contributed by atoms with Crippen LogP contribution in [-0.4, -0.2) is 35.6 Å². The maximum absolute atomic E-state index is 14.7. The Labute approximate surface area is 195 Å². The van der Waals surface area contributed by atoms with Crippen molar-refractivity contribution >= 4 is 11.6 Å². The predicted molar refractivity (Wildman–Crippen MR) is 113 cm³/mol. The third-order valence-corrected chi connectivity index (χ3v) is 6.05. The number of halogens is 5. The van der Waals surface area contributed by atoms with E-state index in [9.17, 15) is 22.7 Å². The SMILES string of the molecule is C[C@]1(O)C[C@H](n2ncc(-c3onc(-c4c(F)cccc4Cl)c3-c3ccncn3)c2C(F)(F)F)C1. The summed E-state index contributed by atoms with van der Waals surface area (Å²) in [6.07, 6.45) is -0.975. The summed E-state index contributed by atoms with van der Waals surface area (Å²) in [5.74, 6) is -1.02. The van der Waals surface area contributed by atoms with Crippen LogP contribution in [0.4, 0.5) is 17.6 Å². The van der Waals surface area contributed by atoms with Gasteiger partial charge in [-0.05, 0) is 38.0 Å². The highest BCUT2D eigenvalue weighted by molar-refractivity contribution is 6.33. The van der Waals surface area contributed by atoms with Gasteiger partial charge < -0.3 is 9.63 Å². The highest BCUT2D eigenvalue weighted by Crippen LogP contribution is 2.49. The zero-order valence-corrected chi connectivity index (χ0v) is 18.3. The highest BCUT2D eigenvalue weighted by Gasteiger charge is 2.47. The Morgan fingerprint density at radius 1 is 1.21 bits per heavy atom. The van der Waals surface area contributed by atoms with E-state index in [1.54, 1.807) is 6.92 Å². The van der Waals surface area contributed by atoms with Gasteiger partial charge in [0.2, 0.25) is 0 Å². The van der Waals surface area contributed by atoms with Gasteiger partial charge in [0.25, 0.3) is 0 Å². The molecule has 0 radical (unpaired) electrons. The van der Waals surface area contributed by atoms with Crippen molar-refractivity contribution in [2.45, 2.75) is 37.6 Å². The Morgan fingerprint density at radius 3 is 2.59 bits per heavy atom. The Kier molecular flexibility index (Phi) is 5.21. The van der Waals surface area contributed by atoms with E-state index in [4.69, 9.17) is 16.1 Å². The van der Waals surface area contributed by atoms with Crippen LogP contribution >= 0.6 is 11.6 Å². The van der Waals surface area contributed by atoms with E-state index in [0.717, 1.165) is 16.9 Å². The van der Waals surface area contributed by atoms with Crippen molar-refractivity contribution in [2.75, 3.05) is 0 Å². The smallest absolute Gasteiger partial charge is 0.390 e. The van der Waals surface area contributed by atoms with Crippen molar-refractivity contribution in [1.82, 2.24) is 24.9 Å². The highest BCUT2D eigenvalue weighted by atomic mass is 35.5. The predicted octanol–water partition coefficient (Wildman–Crippen LogP) is 5.56.